The number of hydrogen-bond donors (Lipinski definition) is 0. The molecule has 4 nitrogen and oxygen atoms in total. The minimum Gasteiger partial charge on any atom is -0.334 e. The van der Waals surface area contributed by atoms with Crippen LogP contribution in [0.3, 0.4) is 0 Å². The van der Waals surface area contributed by atoms with Gasteiger partial charge in [0.05, 0.1) is 9.92 Å². The molecule has 0 spiro atoms. The number of rotatable bonds is 2. The van der Waals surface area contributed by atoms with E-state index < -0.39 is 9.84 Å². The Morgan fingerprint density at radius 2 is 1.83 bits per heavy atom. The third kappa shape index (κ3) is 3.26. The minimum absolute atomic E-state index is 0.0116. The lowest BCUT2D eigenvalue weighted by molar-refractivity contribution is 0.0734. The van der Waals surface area contributed by atoms with Crippen LogP contribution in [0.25, 0.3) is 0 Å². The van der Waals surface area contributed by atoms with E-state index in [1.807, 2.05) is 18.2 Å². The van der Waals surface area contributed by atoms with Crippen LogP contribution in [0.15, 0.2) is 47.4 Å². The molecule has 23 heavy (non-hydrogen) atoms. The lowest BCUT2D eigenvalue weighted by Gasteiger charge is -2.29. The zero-order valence-corrected chi connectivity index (χ0v) is 14.2. The highest BCUT2D eigenvalue weighted by atomic mass is 35.5. The molecule has 6 heteroatoms. The molecule has 0 unspecified atom stereocenters. The molecule has 1 aliphatic heterocycles. The molecule has 0 aliphatic carbocycles. The Morgan fingerprint density at radius 1 is 1.13 bits per heavy atom. The van der Waals surface area contributed by atoms with E-state index in [4.69, 9.17) is 11.6 Å². The largest absolute Gasteiger partial charge is 0.334 e. The zero-order chi connectivity index (χ0) is 16.6. The van der Waals surface area contributed by atoms with Gasteiger partial charge in [-0.15, -0.1) is 0 Å². The van der Waals surface area contributed by atoms with Crippen LogP contribution in [0.1, 0.15) is 21.5 Å². The van der Waals surface area contributed by atoms with Gasteiger partial charge in [0, 0.05) is 24.9 Å². The first kappa shape index (κ1) is 16.0. The van der Waals surface area contributed by atoms with E-state index in [2.05, 4.69) is 6.07 Å². The standard InChI is InChI=1S/C17H16ClNO3S/c1-23(21,22)16-10-13(6-7-15(16)18)17(20)19-9-8-12-4-2-3-5-14(12)11-19/h2-7,10H,8-9,11H2,1H3. The highest BCUT2D eigenvalue weighted by Gasteiger charge is 2.23. The molecule has 0 aromatic heterocycles. The Bertz CT molecular complexity index is 877. The summed E-state index contributed by atoms with van der Waals surface area (Å²) in [7, 11) is -3.47. The summed E-state index contributed by atoms with van der Waals surface area (Å²) in [5.41, 5.74) is 2.73. The van der Waals surface area contributed by atoms with Gasteiger partial charge in [-0.2, -0.15) is 0 Å². The number of sulfone groups is 1. The van der Waals surface area contributed by atoms with Gasteiger partial charge in [0.15, 0.2) is 9.84 Å². The van der Waals surface area contributed by atoms with E-state index in [0.717, 1.165) is 18.2 Å². The second kappa shape index (κ2) is 5.98. The number of carbonyl (C=O) groups excluding carboxylic acids is 1. The van der Waals surface area contributed by atoms with Crippen molar-refractivity contribution in [3.8, 4) is 0 Å². The van der Waals surface area contributed by atoms with Crippen LogP contribution in [0, 0.1) is 0 Å². The smallest absolute Gasteiger partial charge is 0.254 e. The van der Waals surface area contributed by atoms with Crippen molar-refractivity contribution in [3.05, 3.63) is 64.2 Å². The Morgan fingerprint density at radius 3 is 2.52 bits per heavy atom. The fourth-order valence-electron chi connectivity index (χ4n) is 2.77. The van der Waals surface area contributed by atoms with Crippen molar-refractivity contribution in [2.45, 2.75) is 17.9 Å². The lowest BCUT2D eigenvalue weighted by atomic mass is 9.99. The van der Waals surface area contributed by atoms with Crippen LogP contribution in [0.4, 0.5) is 0 Å². The maximum absolute atomic E-state index is 12.7. The summed E-state index contributed by atoms with van der Waals surface area (Å²) in [5.74, 6) is -0.180. The van der Waals surface area contributed by atoms with Crippen molar-refractivity contribution in [2.75, 3.05) is 12.8 Å². The molecule has 2 aromatic rings. The maximum Gasteiger partial charge on any atom is 0.254 e. The molecule has 1 amide bonds. The van der Waals surface area contributed by atoms with Crippen LogP contribution >= 0.6 is 11.6 Å². The lowest BCUT2D eigenvalue weighted by Crippen LogP contribution is -2.36. The van der Waals surface area contributed by atoms with Crippen LogP contribution in [-0.4, -0.2) is 32.0 Å². The molecular weight excluding hydrogens is 334 g/mol. The fraction of sp³-hybridized carbons (Fsp3) is 0.235. The molecule has 1 heterocycles. The van der Waals surface area contributed by atoms with E-state index in [0.29, 0.717) is 18.7 Å². The average Bonchev–Trinajstić information content (AvgIpc) is 2.53. The number of fused-ring (bicyclic) bond motifs is 1. The number of carbonyl (C=O) groups is 1. The number of halogens is 1. The van der Waals surface area contributed by atoms with Crippen molar-refractivity contribution in [3.63, 3.8) is 0 Å². The monoisotopic (exact) mass is 349 g/mol. The molecule has 3 rings (SSSR count). The second-order valence-electron chi connectivity index (χ2n) is 5.66. The molecule has 0 fully saturated rings. The predicted molar refractivity (Wildman–Crippen MR) is 89.4 cm³/mol. The molecule has 0 radical (unpaired) electrons. The number of hydrogen-bond acceptors (Lipinski definition) is 3. The van der Waals surface area contributed by atoms with Gasteiger partial charge in [0.1, 0.15) is 0 Å². The maximum atomic E-state index is 12.7. The van der Waals surface area contributed by atoms with Gasteiger partial charge in [-0.05, 0) is 35.7 Å². The van der Waals surface area contributed by atoms with E-state index in [1.165, 1.54) is 17.7 Å². The van der Waals surface area contributed by atoms with Gasteiger partial charge < -0.3 is 4.90 Å². The summed E-state index contributed by atoms with van der Waals surface area (Å²) in [6, 6.07) is 12.4. The van der Waals surface area contributed by atoms with Crippen molar-refractivity contribution in [2.24, 2.45) is 0 Å². The van der Waals surface area contributed by atoms with Gasteiger partial charge in [-0.25, -0.2) is 8.42 Å². The number of benzene rings is 2. The average molecular weight is 350 g/mol. The van der Waals surface area contributed by atoms with Gasteiger partial charge in [-0.3, -0.25) is 4.79 Å². The summed E-state index contributed by atoms with van der Waals surface area (Å²) in [6.45, 7) is 1.15. The second-order valence-corrected chi connectivity index (χ2v) is 8.05. The summed E-state index contributed by atoms with van der Waals surface area (Å²) in [6.07, 6.45) is 1.88. The van der Waals surface area contributed by atoms with Gasteiger partial charge in [0.25, 0.3) is 5.91 Å². The van der Waals surface area contributed by atoms with Crippen molar-refractivity contribution < 1.29 is 13.2 Å². The molecule has 0 bridgehead atoms. The van der Waals surface area contributed by atoms with Crippen LogP contribution in [0.5, 0.6) is 0 Å². The van der Waals surface area contributed by atoms with E-state index in [9.17, 15) is 13.2 Å². The molecule has 0 N–H and O–H groups in total. The van der Waals surface area contributed by atoms with Crippen LogP contribution < -0.4 is 0 Å². The normalized spacial score (nSPS) is 14.4. The van der Waals surface area contributed by atoms with Crippen LogP contribution in [-0.2, 0) is 22.8 Å². The zero-order valence-electron chi connectivity index (χ0n) is 12.6. The van der Waals surface area contributed by atoms with Crippen LogP contribution in [0.2, 0.25) is 5.02 Å². The highest BCUT2D eigenvalue weighted by Crippen LogP contribution is 2.25. The first-order valence-electron chi connectivity index (χ1n) is 7.22. The highest BCUT2D eigenvalue weighted by molar-refractivity contribution is 7.90. The van der Waals surface area contributed by atoms with E-state index >= 15 is 0 Å². The quantitative estimate of drug-likeness (QED) is 0.837. The minimum atomic E-state index is -3.47. The molecule has 120 valence electrons. The molecule has 0 atom stereocenters. The summed E-state index contributed by atoms with van der Waals surface area (Å²) >= 11 is 5.93. The summed E-state index contributed by atoms with van der Waals surface area (Å²) < 4.78 is 23.5. The Kier molecular flexibility index (Phi) is 4.17. The molecular formula is C17H16ClNO3S. The SMILES string of the molecule is CS(=O)(=O)c1cc(C(=O)N2CCc3ccccc3C2)ccc1Cl. The predicted octanol–water partition coefficient (Wildman–Crippen LogP) is 2.94. The Balaban J connectivity index is 1.90. The Labute approximate surface area is 140 Å². The Hall–Kier alpha value is -1.85. The van der Waals surface area contributed by atoms with Crippen molar-refractivity contribution in [1.82, 2.24) is 4.90 Å². The van der Waals surface area contributed by atoms with Crippen molar-refractivity contribution in [1.29, 1.82) is 0 Å². The molecule has 1 aliphatic rings. The summed E-state index contributed by atoms with van der Waals surface area (Å²) in [4.78, 5) is 14.4. The van der Waals surface area contributed by atoms with E-state index in [1.54, 1.807) is 11.0 Å². The van der Waals surface area contributed by atoms with Crippen molar-refractivity contribution >= 4 is 27.3 Å². The first-order chi connectivity index (χ1) is 10.9. The van der Waals surface area contributed by atoms with Gasteiger partial charge in [-0.1, -0.05) is 35.9 Å². The fourth-order valence-corrected chi connectivity index (χ4v) is 4.07. The molecule has 0 saturated carbocycles. The van der Waals surface area contributed by atoms with Gasteiger partial charge >= 0.3 is 0 Å². The third-order valence-corrected chi connectivity index (χ3v) is 5.57. The third-order valence-electron chi connectivity index (χ3n) is 4.00. The van der Waals surface area contributed by atoms with Gasteiger partial charge in [0.2, 0.25) is 0 Å². The number of nitrogens with zero attached hydrogens (tertiary/aromatic N) is 1. The number of amides is 1. The molecule has 2 aromatic carbocycles. The topological polar surface area (TPSA) is 54.5 Å². The molecule has 0 saturated heterocycles. The first-order valence-corrected chi connectivity index (χ1v) is 9.49. The van der Waals surface area contributed by atoms with E-state index in [-0.39, 0.29) is 15.8 Å². The summed E-state index contributed by atoms with van der Waals surface area (Å²) in [5, 5.41) is 0.132.